The predicted molar refractivity (Wildman–Crippen MR) is 44.2 cm³/mol. The monoisotopic (exact) mass is 162 g/mol. The Morgan fingerprint density at radius 1 is 1.08 bits per heavy atom. The highest BCUT2D eigenvalue weighted by Crippen LogP contribution is 2.24. The largest absolute Gasteiger partial charge is 0.294 e. The van der Waals surface area contributed by atoms with Crippen molar-refractivity contribution in [3.63, 3.8) is 0 Å². The standard InChI is InChI=1S/C9H10N2O/c1-5-7-3-4-8(12)9(7)6(2)11-10-5/h3-4H2,1-2H3. The quantitative estimate of drug-likeness (QED) is 0.576. The molecule has 0 N–H and O–H groups in total. The molecular formula is C9H10N2O. The van der Waals surface area contributed by atoms with Crippen LogP contribution >= 0.6 is 0 Å². The van der Waals surface area contributed by atoms with Crippen molar-refractivity contribution in [2.45, 2.75) is 26.7 Å². The Kier molecular flexibility index (Phi) is 1.46. The molecule has 0 saturated heterocycles. The Morgan fingerprint density at radius 3 is 2.42 bits per heavy atom. The Hall–Kier alpha value is -1.25. The zero-order valence-electron chi connectivity index (χ0n) is 7.22. The summed E-state index contributed by atoms with van der Waals surface area (Å²) in [6, 6.07) is 0. The van der Waals surface area contributed by atoms with Gasteiger partial charge in [0.1, 0.15) is 0 Å². The summed E-state index contributed by atoms with van der Waals surface area (Å²) in [7, 11) is 0. The number of carbonyl (C=O) groups is 1. The molecule has 3 heteroatoms. The van der Waals surface area contributed by atoms with Gasteiger partial charge in [0.25, 0.3) is 0 Å². The first kappa shape index (κ1) is 7.40. The van der Waals surface area contributed by atoms with Crippen molar-refractivity contribution >= 4 is 5.78 Å². The van der Waals surface area contributed by atoms with Gasteiger partial charge in [-0.15, -0.1) is 0 Å². The number of aryl methyl sites for hydroxylation is 2. The van der Waals surface area contributed by atoms with Crippen molar-refractivity contribution in [2.75, 3.05) is 0 Å². The maximum absolute atomic E-state index is 11.4. The molecule has 0 spiro atoms. The molecule has 62 valence electrons. The normalized spacial score (nSPS) is 15.0. The van der Waals surface area contributed by atoms with Gasteiger partial charge in [0.2, 0.25) is 0 Å². The number of Topliss-reactive ketones (excluding diaryl/α,β-unsaturated/α-hetero) is 1. The summed E-state index contributed by atoms with van der Waals surface area (Å²) in [5.74, 6) is 0.223. The van der Waals surface area contributed by atoms with E-state index in [2.05, 4.69) is 10.2 Å². The fourth-order valence-corrected chi connectivity index (χ4v) is 1.70. The second kappa shape index (κ2) is 2.37. The Bertz CT molecular complexity index is 358. The second-order valence-corrected chi connectivity index (χ2v) is 3.15. The van der Waals surface area contributed by atoms with Gasteiger partial charge >= 0.3 is 0 Å². The van der Waals surface area contributed by atoms with Crippen molar-refractivity contribution in [1.82, 2.24) is 10.2 Å². The lowest BCUT2D eigenvalue weighted by atomic mass is 10.1. The number of hydrogen-bond acceptors (Lipinski definition) is 3. The molecule has 0 aromatic carbocycles. The lowest BCUT2D eigenvalue weighted by Gasteiger charge is -2.02. The van der Waals surface area contributed by atoms with Gasteiger partial charge in [0, 0.05) is 12.0 Å². The van der Waals surface area contributed by atoms with Crippen LogP contribution in [0, 0.1) is 13.8 Å². The molecule has 1 aliphatic carbocycles. The average molecular weight is 162 g/mol. The van der Waals surface area contributed by atoms with E-state index in [1.165, 1.54) is 0 Å². The summed E-state index contributed by atoms with van der Waals surface area (Å²) in [6.07, 6.45) is 1.47. The number of nitrogens with zero attached hydrogens (tertiary/aromatic N) is 2. The van der Waals surface area contributed by atoms with Crippen LogP contribution in [-0.4, -0.2) is 16.0 Å². The lowest BCUT2D eigenvalue weighted by Crippen LogP contribution is -2.02. The summed E-state index contributed by atoms with van der Waals surface area (Å²) in [5.41, 5.74) is 3.61. The first-order chi connectivity index (χ1) is 5.70. The molecule has 1 aliphatic rings. The van der Waals surface area contributed by atoms with Gasteiger partial charge in [-0.2, -0.15) is 10.2 Å². The summed E-state index contributed by atoms with van der Waals surface area (Å²) in [4.78, 5) is 11.4. The van der Waals surface area contributed by atoms with Crippen LogP contribution in [0.5, 0.6) is 0 Å². The Labute approximate surface area is 70.8 Å². The highest BCUT2D eigenvalue weighted by molar-refractivity contribution is 6.01. The smallest absolute Gasteiger partial charge is 0.165 e. The molecule has 2 rings (SSSR count). The third-order valence-electron chi connectivity index (χ3n) is 2.33. The first-order valence-corrected chi connectivity index (χ1v) is 4.06. The fraction of sp³-hybridized carbons (Fsp3) is 0.444. The van der Waals surface area contributed by atoms with Gasteiger partial charge in [-0.3, -0.25) is 4.79 Å². The van der Waals surface area contributed by atoms with E-state index in [1.54, 1.807) is 0 Å². The minimum Gasteiger partial charge on any atom is -0.294 e. The van der Waals surface area contributed by atoms with Crippen LogP contribution in [0.25, 0.3) is 0 Å². The van der Waals surface area contributed by atoms with Crippen LogP contribution in [-0.2, 0) is 6.42 Å². The predicted octanol–water partition coefficient (Wildman–Crippen LogP) is 1.22. The molecule has 3 nitrogen and oxygen atoms in total. The molecule has 0 amide bonds. The van der Waals surface area contributed by atoms with Gasteiger partial charge in [0.05, 0.1) is 11.4 Å². The number of fused-ring (bicyclic) bond motifs is 1. The SMILES string of the molecule is Cc1nnc(C)c2c1CCC2=O. The highest BCUT2D eigenvalue weighted by atomic mass is 16.1. The molecule has 0 radical (unpaired) electrons. The summed E-state index contributed by atoms with van der Waals surface area (Å²) in [5, 5.41) is 7.91. The van der Waals surface area contributed by atoms with E-state index in [-0.39, 0.29) is 5.78 Å². The molecule has 12 heavy (non-hydrogen) atoms. The Morgan fingerprint density at radius 2 is 1.75 bits per heavy atom. The van der Waals surface area contributed by atoms with Crippen LogP contribution in [0.2, 0.25) is 0 Å². The third-order valence-corrected chi connectivity index (χ3v) is 2.33. The number of hydrogen-bond donors (Lipinski definition) is 0. The number of aromatic nitrogens is 2. The number of carbonyl (C=O) groups excluding carboxylic acids is 1. The molecule has 1 aromatic heterocycles. The van der Waals surface area contributed by atoms with Crippen LogP contribution in [0.3, 0.4) is 0 Å². The maximum atomic E-state index is 11.4. The summed E-state index contributed by atoms with van der Waals surface area (Å²) in [6.45, 7) is 3.75. The minimum absolute atomic E-state index is 0.223. The molecule has 0 fully saturated rings. The number of rotatable bonds is 0. The van der Waals surface area contributed by atoms with E-state index in [9.17, 15) is 4.79 Å². The zero-order valence-corrected chi connectivity index (χ0v) is 7.22. The average Bonchev–Trinajstić information content (AvgIpc) is 2.42. The minimum atomic E-state index is 0.223. The van der Waals surface area contributed by atoms with Crippen molar-refractivity contribution in [2.24, 2.45) is 0 Å². The Balaban J connectivity index is 2.72. The fourth-order valence-electron chi connectivity index (χ4n) is 1.70. The van der Waals surface area contributed by atoms with Crippen LogP contribution in [0.15, 0.2) is 0 Å². The highest BCUT2D eigenvalue weighted by Gasteiger charge is 2.24. The van der Waals surface area contributed by atoms with E-state index in [1.807, 2.05) is 13.8 Å². The van der Waals surface area contributed by atoms with E-state index in [0.29, 0.717) is 6.42 Å². The molecule has 0 unspecified atom stereocenters. The van der Waals surface area contributed by atoms with Crippen molar-refractivity contribution < 1.29 is 4.79 Å². The van der Waals surface area contributed by atoms with Crippen LogP contribution in [0.4, 0.5) is 0 Å². The molecule has 0 atom stereocenters. The lowest BCUT2D eigenvalue weighted by molar-refractivity contribution is 0.0993. The molecule has 0 saturated carbocycles. The van der Waals surface area contributed by atoms with E-state index in [0.717, 1.165) is 28.9 Å². The van der Waals surface area contributed by atoms with E-state index in [4.69, 9.17) is 0 Å². The van der Waals surface area contributed by atoms with Crippen molar-refractivity contribution in [3.8, 4) is 0 Å². The van der Waals surface area contributed by atoms with Gasteiger partial charge in [-0.25, -0.2) is 0 Å². The zero-order chi connectivity index (χ0) is 8.72. The van der Waals surface area contributed by atoms with Gasteiger partial charge in [-0.05, 0) is 25.8 Å². The van der Waals surface area contributed by atoms with E-state index < -0.39 is 0 Å². The summed E-state index contributed by atoms with van der Waals surface area (Å²) >= 11 is 0. The van der Waals surface area contributed by atoms with Gasteiger partial charge in [0.15, 0.2) is 5.78 Å². The van der Waals surface area contributed by atoms with E-state index >= 15 is 0 Å². The van der Waals surface area contributed by atoms with Crippen LogP contribution < -0.4 is 0 Å². The van der Waals surface area contributed by atoms with Crippen molar-refractivity contribution in [3.05, 3.63) is 22.5 Å². The van der Waals surface area contributed by atoms with Crippen LogP contribution in [0.1, 0.15) is 33.7 Å². The molecular weight excluding hydrogens is 152 g/mol. The molecule has 1 heterocycles. The molecule has 0 bridgehead atoms. The number of ketones is 1. The van der Waals surface area contributed by atoms with Gasteiger partial charge < -0.3 is 0 Å². The second-order valence-electron chi connectivity index (χ2n) is 3.15. The molecule has 1 aromatic rings. The topological polar surface area (TPSA) is 42.9 Å². The third kappa shape index (κ3) is 0.858. The van der Waals surface area contributed by atoms with Crippen molar-refractivity contribution in [1.29, 1.82) is 0 Å². The summed E-state index contributed by atoms with van der Waals surface area (Å²) < 4.78 is 0. The first-order valence-electron chi connectivity index (χ1n) is 4.06. The maximum Gasteiger partial charge on any atom is 0.165 e. The molecule has 0 aliphatic heterocycles. The van der Waals surface area contributed by atoms with Gasteiger partial charge in [-0.1, -0.05) is 0 Å².